The summed E-state index contributed by atoms with van der Waals surface area (Å²) in [7, 11) is 1.85. The molecule has 2 atom stereocenters. The van der Waals surface area contributed by atoms with Gasteiger partial charge in [0, 0.05) is 7.05 Å². The van der Waals surface area contributed by atoms with Crippen molar-refractivity contribution in [3.05, 3.63) is 82.3 Å². The molecule has 5 nitrogen and oxygen atoms in total. The standard InChI is InChI=1S/C21H21N3O2S/c1-14-18(20(26)24(22(14)3)17-12-8-5-9-13-17)23-19(25)15(2)27-21(23)16-10-6-4-7-11-16/h4-13,15,21H,1-3H3/t15-,21+/m1/s1. The predicted molar refractivity (Wildman–Crippen MR) is 109 cm³/mol. The summed E-state index contributed by atoms with van der Waals surface area (Å²) >= 11 is 1.58. The molecule has 3 aromatic rings. The highest BCUT2D eigenvalue weighted by molar-refractivity contribution is 8.01. The highest BCUT2D eigenvalue weighted by Crippen LogP contribution is 2.45. The molecular weight excluding hydrogens is 358 g/mol. The zero-order chi connectivity index (χ0) is 19.1. The van der Waals surface area contributed by atoms with Crippen molar-refractivity contribution < 1.29 is 4.79 Å². The van der Waals surface area contributed by atoms with Gasteiger partial charge in [-0.05, 0) is 31.5 Å². The zero-order valence-corrected chi connectivity index (χ0v) is 16.3. The van der Waals surface area contributed by atoms with Crippen LogP contribution in [0, 0.1) is 6.92 Å². The molecule has 0 unspecified atom stereocenters. The van der Waals surface area contributed by atoms with E-state index in [1.165, 1.54) is 0 Å². The maximum atomic E-state index is 13.4. The first kappa shape index (κ1) is 17.7. The number of para-hydroxylation sites is 1. The molecule has 4 rings (SSSR count). The number of hydrogen-bond donors (Lipinski definition) is 0. The van der Waals surface area contributed by atoms with Crippen LogP contribution in [-0.4, -0.2) is 20.5 Å². The van der Waals surface area contributed by atoms with Crippen molar-refractivity contribution in [2.45, 2.75) is 24.5 Å². The van der Waals surface area contributed by atoms with E-state index in [0.29, 0.717) is 5.69 Å². The predicted octanol–water partition coefficient (Wildman–Crippen LogP) is 3.65. The number of aromatic nitrogens is 2. The number of thioether (sulfide) groups is 1. The molecule has 1 amide bonds. The number of rotatable bonds is 3. The van der Waals surface area contributed by atoms with E-state index in [4.69, 9.17) is 0 Å². The van der Waals surface area contributed by atoms with Gasteiger partial charge in [-0.25, -0.2) is 4.68 Å². The van der Waals surface area contributed by atoms with Gasteiger partial charge in [-0.15, -0.1) is 11.8 Å². The normalized spacial score (nSPS) is 19.7. The fraction of sp³-hybridized carbons (Fsp3) is 0.238. The van der Waals surface area contributed by atoms with Crippen LogP contribution in [0.2, 0.25) is 0 Å². The molecule has 27 heavy (non-hydrogen) atoms. The van der Waals surface area contributed by atoms with E-state index in [1.807, 2.05) is 86.2 Å². The van der Waals surface area contributed by atoms with Crippen molar-refractivity contribution in [1.82, 2.24) is 9.36 Å². The molecule has 0 spiro atoms. The smallest absolute Gasteiger partial charge is 0.288 e. The SMILES string of the molecule is Cc1c(N2C(=O)[C@@H](C)S[C@H]2c2ccccc2)c(=O)n(-c2ccccc2)n1C. The van der Waals surface area contributed by atoms with Crippen molar-refractivity contribution in [2.24, 2.45) is 7.05 Å². The van der Waals surface area contributed by atoms with Crippen LogP contribution in [-0.2, 0) is 11.8 Å². The van der Waals surface area contributed by atoms with Gasteiger partial charge in [-0.2, -0.15) is 0 Å². The van der Waals surface area contributed by atoms with Gasteiger partial charge >= 0.3 is 0 Å². The van der Waals surface area contributed by atoms with Crippen molar-refractivity contribution >= 4 is 23.4 Å². The summed E-state index contributed by atoms with van der Waals surface area (Å²) in [5.41, 5.74) is 2.85. The van der Waals surface area contributed by atoms with Crippen molar-refractivity contribution in [1.29, 1.82) is 0 Å². The first-order valence-corrected chi connectivity index (χ1v) is 9.82. The Morgan fingerprint density at radius 3 is 2.15 bits per heavy atom. The van der Waals surface area contributed by atoms with Gasteiger partial charge in [0.25, 0.3) is 5.56 Å². The van der Waals surface area contributed by atoms with E-state index < -0.39 is 0 Å². The lowest BCUT2D eigenvalue weighted by Crippen LogP contribution is -2.34. The van der Waals surface area contributed by atoms with Crippen LogP contribution in [0.3, 0.4) is 0 Å². The number of anilines is 1. The minimum Gasteiger partial charge on any atom is -0.288 e. The van der Waals surface area contributed by atoms with E-state index in [1.54, 1.807) is 21.3 Å². The van der Waals surface area contributed by atoms with Gasteiger partial charge in [-0.1, -0.05) is 48.5 Å². The molecule has 1 aliphatic rings. The molecule has 138 valence electrons. The Bertz CT molecular complexity index is 1040. The fourth-order valence-corrected chi connectivity index (χ4v) is 4.79. The number of carbonyl (C=O) groups is 1. The van der Waals surface area contributed by atoms with Crippen molar-refractivity contribution in [2.75, 3.05) is 4.90 Å². The largest absolute Gasteiger partial charge is 0.295 e. The second kappa shape index (κ2) is 6.78. The third-order valence-corrected chi connectivity index (χ3v) is 6.35. The Morgan fingerprint density at radius 1 is 0.926 bits per heavy atom. The van der Waals surface area contributed by atoms with Gasteiger partial charge in [-0.3, -0.25) is 19.2 Å². The van der Waals surface area contributed by atoms with Gasteiger partial charge in [0.1, 0.15) is 11.1 Å². The fourth-order valence-electron chi connectivity index (χ4n) is 3.53. The maximum Gasteiger partial charge on any atom is 0.295 e. The van der Waals surface area contributed by atoms with E-state index in [9.17, 15) is 9.59 Å². The molecule has 0 aliphatic carbocycles. The van der Waals surface area contributed by atoms with Crippen LogP contribution in [0.15, 0.2) is 65.5 Å². The lowest BCUT2D eigenvalue weighted by Gasteiger charge is -2.23. The highest BCUT2D eigenvalue weighted by Gasteiger charge is 2.42. The molecule has 0 N–H and O–H groups in total. The molecule has 6 heteroatoms. The maximum absolute atomic E-state index is 13.4. The quantitative estimate of drug-likeness (QED) is 0.698. The number of carbonyl (C=O) groups excluding carboxylic acids is 1. The molecule has 1 aromatic heterocycles. The molecule has 0 radical (unpaired) electrons. The third kappa shape index (κ3) is 2.80. The summed E-state index contributed by atoms with van der Waals surface area (Å²) in [5.74, 6) is -0.0279. The summed E-state index contributed by atoms with van der Waals surface area (Å²) in [5, 5.41) is -0.397. The Morgan fingerprint density at radius 2 is 1.52 bits per heavy atom. The second-order valence-corrected chi connectivity index (χ2v) is 8.09. The van der Waals surface area contributed by atoms with E-state index in [-0.39, 0.29) is 22.1 Å². The van der Waals surface area contributed by atoms with Gasteiger partial charge in [0.2, 0.25) is 5.91 Å². The van der Waals surface area contributed by atoms with Crippen LogP contribution in [0.5, 0.6) is 0 Å². The van der Waals surface area contributed by atoms with E-state index >= 15 is 0 Å². The molecule has 0 bridgehead atoms. The Hall–Kier alpha value is -2.73. The molecular formula is C21H21N3O2S. The monoisotopic (exact) mass is 379 g/mol. The van der Waals surface area contributed by atoms with E-state index in [2.05, 4.69) is 0 Å². The minimum atomic E-state index is -0.202. The van der Waals surface area contributed by atoms with Gasteiger partial charge < -0.3 is 0 Å². The lowest BCUT2D eigenvalue weighted by atomic mass is 10.2. The lowest BCUT2D eigenvalue weighted by molar-refractivity contribution is -0.117. The molecule has 0 saturated carbocycles. The van der Waals surface area contributed by atoms with Crippen LogP contribution >= 0.6 is 11.8 Å². The summed E-state index contributed by atoms with van der Waals surface area (Å²) in [6, 6.07) is 19.4. The van der Waals surface area contributed by atoms with E-state index in [0.717, 1.165) is 16.9 Å². The molecule has 2 heterocycles. The van der Waals surface area contributed by atoms with Gasteiger partial charge in [0.05, 0.1) is 16.6 Å². The number of hydrogen-bond acceptors (Lipinski definition) is 3. The van der Waals surface area contributed by atoms with Crippen LogP contribution in [0.1, 0.15) is 23.6 Å². The second-order valence-electron chi connectivity index (χ2n) is 6.66. The molecule has 1 fully saturated rings. The number of benzene rings is 2. The first-order chi connectivity index (χ1) is 13.0. The van der Waals surface area contributed by atoms with Crippen LogP contribution in [0.4, 0.5) is 5.69 Å². The van der Waals surface area contributed by atoms with Crippen LogP contribution < -0.4 is 10.5 Å². The molecule has 1 aliphatic heterocycles. The molecule has 2 aromatic carbocycles. The van der Waals surface area contributed by atoms with Crippen molar-refractivity contribution in [3.8, 4) is 5.69 Å². The zero-order valence-electron chi connectivity index (χ0n) is 15.5. The Labute approximate surface area is 162 Å². The third-order valence-electron chi connectivity index (χ3n) is 5.00. The average Bonchev–Trinajstić information content (AvgIpc) is 3.10. The average molecular weight is 379 g/mol. The van der Waals surface area contributed by atoms with Crippen molar-refractivity contribution in [3.63, 3.8) is 0 Å². The Balaban J connectivity index is 1.90. The topological polar surface area (TPSA) is 47.2 Å². The van der Waals surface area contributed by atoms with Crippen LogP contribution in [0.25, 0.3) is 5.69 Å². The Kier molecular flexibility index (Phi) is 4.44. The summed E-state index contributed by atoms with van der Waals surface area (Å²) in [6.45, 7) is 3.79. The first-order valence-electron chi connectivity index (χ1n) is 8.88. The minimum absolute atomic E-state index is 0.0279. The summed E-state index contributed by atoms with van der Waals surface area (Å²) in [6.07, 6.45) is 0. The molecule has 1 saturated heterocycles. The number of amides is 1. The number of nitrogens with zero attached hydrogens (tertiary/aromatic N) is 3. The summed E-state index contributed by atoms with van der Waals surface area (Å²) < 4.78 is 3.43. The van der Waals surface area contributed by atoms with Gasteiger partial charge in [0.15, 0.2) is 0 Å². The summed E-state index contributed by atoms with van der Waals surface area (Å²) in [4.78, 5) is 28.0. The highest BCUT2D eigenvalue weighted by atomic mass is 32.2.